The highest BCUT2D eigenvalue weighted by Crippen LogP contribution is 2.00. The fraction of sp³-hybridized carbons (Fsp3) is 0.222. The van der Waals surface area contributed by atoms with Crippen molar-refractivity contribution in [2.24, 2.45) is 0 Å². The smallest absolute Gasteiger partial charge is 0.202 e. The molecule has 0 fully saturated rings. The van der Waals surface area contributed by atoms with Gasteiger partial charge in [-0.3, -0.25) is 0 Å². The van der Waals surface area contributed by atoms with E-state index in [1.165, 1.54) is 0 Å². The molecule has 0 spiro atoms. The third-order valence-electron chi connectivity index (χ3n) is 1.24. The number of thiocarbonyl (C=S) groups is 1. The van der Waals surface area contributed by atoms with Crippen LogP contribution in [0.25, 0.3) is 0 Å². The Morgan fingerprint density at radius 2 is 2.00 bits per heavy atom. The van der Waals surface area contributed by atoms with Gasteiger partial charge in [0.15, 0.2) is 0 Å². The van der Waals surface area contributed by atoms with Gasteiger partial charge in [-0.25, -0.2) is 0 Å². The fourth-order valence-corrected chi connectivity index (χ4v) is 0.803. The van der Waals surface area contributed by atoms with Crippen molar-refractivity contribution in [2.45, 2.75) is 13.5 Å². The van der Waals surface area contributed by atoms with E-state index in [2.05, 4.69) is 17.1 Å². The molecule has 0 unspecified atom stereocenters. The maximum absolute atomic E-state index is 4.84. The van der Waals surface area contributed by atoms with E-state index in [9.17, 15) is 0 Å². The molecule has 0 atom stereocenters. The van der Waals surface area contributed by atoms with E-state index < -0.39 is 0 Å². The van der Waals surface area contributed by atoms with Crippen molar-refractivity contribution in [3.63, 3.8) is 0 Å². The minimum atomic E-state index is 0.394. The van der Waals surface area contributed by atoms with Gasteiger partial charge in [-0.2, -0.15) is 4.89 Å². The molecule has 0 saturated heterocycles. The number of hydrogen-bond donors (Lipinski definition) is 0. The standard InChI is InChI=1S/C9H10O2S/c1-8(12)11-10-7-9-5-3-2-4-6-9/h2-6H,7H2,1H3. The second kappa shape index (κ2) is 4.85. The number of benzene rings is 1. The lowest BCUT2D eigenvalue weighted by atomic mass is 10.2. The molecule has 0 amide bonds. The van der Waals surface area contributed by atoms with Crippen LogP contribution in [-0.4, -0.2) is 5.05 Å². The predicted octanol–water partition coefficient (Wildman–Crippen LogP) is 2.48. The summed E-state index contributed by atoms with van der Waals surface area (Å²) in [7, 11) is 0. The second-order valence-electron chi connectivity index (χ2n) is 2.32. The quantitative estimate of drug-likeness (QED) is 0.406. The van der Waals surface area contributed by atoms with Crippen LogP contribution in [0.1, 0.15) is 12.5 Å². The highest BCUT2D eigenvalue weighted by Gasteiger charge is 1.92. The Bertz CT molecular complexity index is 246. The maximum Gasteiger partial charge on any atom is 0.202 e. The van der Waals surface area contributed by atoms with E-state index in [4.69, 9.17) is 4.89 Å². The Morgan fingerprint density at radius 1 is 1.33 bits per heavy atom. The van der Waals surface area contributed by atoms with Crippen LogP contribution in [0, 0.1) is 0 Å². The van der Waals surface area contributed by atoms with E-state index in [0.29, 0.717) is 11.7 Å². The summed E-state index contributed by atoms with van der Waals surface area (Å²) in [5, 5.41) is 0.394. The van der Waals surface area contributed by atoms with Crippen LogP contribution in [0.4, 0.5) is 0 Å². The summed E-state index contributed by atoms with van der Waals surface area (Å²) in [6.07, 6.45) is 0. The van der Waals surface area contributed by atoms with Crippen LogP contribution in [0.3, 0.4) is 0 Å². The lowest BCUT2D eigenvalue weighted by molar-refractivity contribution is -0.230. The molecule has 1 aromatic carbocycles. The first-order valence-electron chi connectivity index (χ1n) is 3.63. The van der Waals surface area contributed by atoms with Gasteiger partial charge in [0.2, 0.25) is 5.05 Å². The maximum atomic E-state index is 4.84. The van der Waals surface area contributed by atoms with Crippen molar-refractivity contribution in [3.8, 4) is 0 Å². The molecule has 0 aromatic heterocycles. The van der Waals surface area contributed by atoms with E-state index in [-0.39, 0.29) is 0 Å². The second-order valence-corrected chi connectivity index (χ2v) is 2.90. The lowest BCUT2D eigenvalue weighted by Crippen LogP contribution is -1.98. The van der Waals surface area contributed by atoms with Crippen LogP contribution in [-0.2, 0) is 16.4 Å². The molecule has 0 saturated carbocycles. The van der Waals surface area contributed by atoms with Gasteiger partial charge in [0.1, 0.15) is 6.61 Å². The molecule has 0 heterocycles. The van der Waals surface area contributed by atoms with Gasteiger partial charge in [0, 0.05) is 6.92 Å². The summed E-state index contributed by atoms with van der Waals surface area (Å²) < 4.78 is 0. The van der Waals surface area contributed by atoms with E-state index in [0.717, 1.165) is 5.56 Å². The van der Waals surface area contributed by atoms with Gasteiger partial charge in [-0.1, -0.05) is 30.3 Å². The number of hydrogen-bond acceptors (Lipinski definition) is 3. The van der Waals surface area contributed by atoms with Crippen molar-refractivity contribution in [1.82, 2.24) is 0 Å². The first-order chi connectivity index (χ1) is 5.79. The first kappa shape index (κ1) is 9.16. The molecule has 0 N–H and O–H groups in total. The van der Waals surface area contributed by atoms with Gasteiger partial charge < -0.3 is 4.89 Å². The van der Waals surface area contributed by atoms with Crippen LogP contribution in [0.15, 0.2) is 30.3 Å². The summed E-state index contributed by atoms with van der Waals surface area (Å²) in [5.74, 6) is 0. The lowest BCUT2D eigenvalue weighted by Gasteiger charge is -2.01. The molecule has 2 nitrogen and oxygen atoms in total. The highest BCUT2D eigenvalue weighted by atomic mass is 32.1. The van der Waals surface area contributed by atoms with E-state index in [1.807, 2.05) is 30.3 Å². The zero-order chi connectivity index (χ0) is 8.81. The van der Waals surface area contributed by atoms with Crippen LogP contribution in [0.5, 0.6) is 0 Å². The van der Waals surface area contributed by atoms with Gasteiger partial charge in [0.05, 0.1) is 0 Å². The molecule has 1 rings (SSSR count). The van der Waals surface area contributed by atoms with Gasteiger partial charge >= 0.3 is 0 Å². The molecular formula is C9H10O2S. The normalized spacial score (nSPS) is 9.42. The largest absolute Gasteiger partial charge is 0.330 e. The van der Waals surface area contributed by atoms with Gasteiger partial charge in [0.25, 0.3) is 0 Å². The molecule has 0 radical (unpaired) electrons. The van der Waals surface area contributed by atoms with Crippen molar-refractivity contribution >= 4 is 17.3 Å². The summed E-state index contributed by atoms with van der Waals surface area (Å²) in [5.41, 5.74) is 1.06. The first-order valence-corrected chi connectivity index (χ1v) is 4.04. The SMILES string of the molecule is CC(=S)OOCc1ccccc1. The summed E-state index contributed by atoms with van der Waals surface area (Å²) >= 11 is 4.66. The fourth-order valence-electron chi connectivity index (χ4n) is 0.755. The van der Waals surface area contributed by atoms with Gasteiger partial charge in [-0.15, -0.1) is 0 Å². The van der Waals surface area contributed by atoms with Crippen molar-refractivity contribution in [3.05, 3.63) is 35.9 Å². The van der Waals surface area contributed by atoms with Crippen LogP contribution >= 0.6 is 12.2 Å². The van der Waals surface area contributed by atoms with Gasteiger partial charge in [-0.05, 0) is 17.8 Å². The summed E-state index contributed by atoms with van der Waals surface area (Å²) in [6.45, 7) is 2.09. The minimum absolute atomic E-state index is 0.394. The Kier molecular flexibility index (Phi) is 3.70. The van der Waals surface area contributed by atoms with E-state index in [1.54, 1.807) is 6.92 Å². The molecule has 0 bridgehead atoms. The van der Waals surface area contributed by atoms with Crippen molar-refractivity contribution in [2.75, 3.05) is 0 Å². The monoisotopic (exact) mass is 182 g/mol. The zero-order valence-electron chi connectivity index (χ0n) is 6.82. The van der Waals surface area contributed by atoms with E-state index >= 15 is 0 Å². The molecule has 12 heavy (non-hydrogen) atoms. The Morgan fingerprint density at radius 3 is 2.58 bits per heavy atom. The molecule has 0 aliphatic rings. The zero-order valence-corrected chi connectivity index (χ0v) is 7.64. The third kappa shape index (κ3) is 3.46. The third-order valence-corrected chi connectivity index (χ3v) is 1.31. The predicted molar refractivity (Wildman–Crippen MR) is 50.6 cm³/mol. The Hall–Kier alpha value is -0.930. The average molecular weight is 182 g/mol. The van der Waals surface area contributed by atoms with Crippen LogP contribution in [0.2, 0.25) is 0 Å². The minimum Gasteiger partial charge on any atom is -0.330 e. The Labute approximate surface area is 77.0 Å². The molecule has 1 aromatic rings. The molecule has 0 aliphatic heterocycles. The van der Waals surface area contributed by atoms with Crippen molar-refractivity contribution in [1.29, 1.82) is 0 Å². The Balaban J connectivity index is 2.29. The topological polar surface area (TPSA) is 18.5 Å². The summed E-state index contributed by atoms with van der Waals surface area (Å²) in [4.78, 5) is 9.52. The highest BCUT2D eigenvalue weighted by molar-refractivity contribution is 7.80. The molecule has 3 heteroatoms. The molecule has 0 aliphatic carbocycles. The van der Waals surface area contributed by atoms with Crippen LogP contribution < -0.4 is 0 Å². The average Bonchev–Trinajstić information content (AvgIpc) is 2.05. The number of rotatable bonds is 3. The molecule has 64 valence electrons. The summed E-state index contributed by atoms with van der Waals surface area (Å²) in [6, 6.07) is 9.77. The van der Waals surface area contributed by atoms with Crippen molar-refractivity contribution < 1.29 is 9.78 Å². The molecular weight excluding hydrogens is 172 g/mol.